The van der Waals surface area contributed by atoms with E-state index in [9.17, 15) is 0 Å². The second-order valence-electron chi connectivity index (χ2n) is 6.93. The summed E-state index contributed by atoms with van der Waals surface area (Å²) in [7, 11) is 0. The fraction of sp³-hybridized carbons (Fsp3) is 0.684. The lowest BCUT2D eigenvalue weighted by Gasteiger charge is -2.34. The van der Waals surface area contributed by atoms with Crippen molar-refractivity contribution < 1.29 is 0 Å². The minimum atomic E-state index is 0.632. The first kappa shape index (κ1) is 15.1. The Morgan fingerprint density at radius 2 is 1.90 bits per heavy atom. The molecule has 2 aliphatic rings. The largest absolute Gasteiger partial charge is 0.311 e. The number of nitrogens with zero attached hydrogens (tertiary/aromatic N) is 1. The van der Waals surface area contributed by atoms with Gasteiger partial charge in [0, 0.05) is 25.7 Å². The third kappa shape index (κ3) is 4.82. The Hall–Kier alpha value is -0.860. The van der Waals surface area contributed by atoms with E-state index in [2.05, 4.69) is 40.5 Å². The fourth-order valence-electron chi connectivity index (χ4n) is 4.04. The minimum absolute atomic E-state index is 0.632. The van der Waals surface area contributed by atoms with Crippen molar-refractivity contribution in [3.8, 4) is 0 Å². The highest BCUT2D eigenvalue weighted by molar-refractivity contribution is 5.16. The van der Waals surface area contributed by atoms with Gasteiger partial charge in [-0.25, -0.2) is 0 Å². The van der Waals surface area contributed by atoms with Gasteiger partial charge in [0.2, 0.25) is 0 Å². The summed E-state index contributed by atoms with van der Waals surface area (Å²) < 4.78 is 0. The summed E-state index contributed by atoms with van der Waals surface area (Å²) >= 11 is 0. The van der Waals surface area contributed by atoms with Crippen LogP contribution in [0.25, 0.3) is 0 Å². The molecule has 0 amide bonds. The van der Waals surface area contributed by atoms with Crippen molar-refractivity contribution in [2.75, 3.05) is 26.2 Å². The summed E-state index contributed by atoms with van der Waals surface area (Å²) in [5, 5.41) is 3.69. The van der Waals surface area contributed by atoms with E-state index in [1.54, 1.807) is 0 Å². The third-order valence-corrected chi connectivity index (χ3v) is 5.23. The van der Waals surface area contributed by atoms with E-state index >= 15 is 0 Å². The maximum Gasteiger partial charge on any atom is 0.0235 e. The second kappa shape index (κ2) is 7.95. The molecule has 1 saturated heterocycles. The molecule has 1 N–H and O–H groups in total. The maximum atomic E-state index is 3.69. The van der Waals surface area contributed by atoms with E-state index in [0.717, 1.165) is 12.5 Å². The molecule has 0 spiro atoms. The van der Waals surface area contributed by atoms with Crippen LogP contribution in [0.2, 0.25) is 0 Å². The molecule has 21 heavy (non-hydrogen) atoms. The zero-order chi connectivity index (χ0) is 14.3. The van der Waals surface area contributed by atoms with Crippen LogP contribution >= 0.6 is 0 Å². The van der Waals surface area contributed by atoms with Crippen LogP contribution in [0.4, 0.5) is 0 Å². The molecule has 1 aromatic carbocycles. The van der Waals surface area contributed by atoms with E-state index in [1.807, 2.05) is 0 Å². The average Bonchev–Trinajstić information content (AvgIpc) is 3.02. The van der Waals surface area contributed by atoms with Gasteiger partial charge in [-0.05, 0) is 37.3 Å². The van der Waals surface area contributed by atoms with Crippen molar-refractivity contribution >= 4 is 0 Å². The fourth-order valence-corrected chi connectivity index (χ4v) is 4.04. The SMILES string of the molecule is c1ccc(CC2CN(CCCC3CCCC3)CCN2)cc1. The second-order valence-corrected chi connectivity index (χ2v) is 6.93. The molecule has 1 unspecified atom stereocenters. The van der Waals surface area contributed by atoms with Gasteiger partial charge in [-0.3, -0.25) is 0 Å². The van der Waals surface area contributed by atoms with Crippen molar-refractivity contribution in [3.05, 3.63) is 35.9 Å². The van der Waals surface area contributed by atoms with Gasteiger partial charge in [0.05, 0.1) is 0 Å². The Morgan fingerprint density at radius 1 is 1.10 bits per heavy atom. The van der Waals surface area contributed by atoms with E-state index in [4.69, 9.17) is 0 Å². The molecule has 0 bridgehead atoms. The van der Waals surface area contributed by atoms with Gasteiger partial charge >= 0.3 is 0 Å². The molecule has 116 valence electrons. The Kier molecular flexibility index (Phi) is 5.70. The highest BCUT2D eigenvalue weighted by Gasteiger charge is 2.20. The van der Waals surface area contributed by atoms with E-state index in [0.29, 0.717) is 6.04 Å². The lowest BCUT2D eigenvalue weighted by atomic mass is 10.0. The molecule has 1 aromatic rings. The summed E-state index contributed by atoms with van der Waals surface area (Å²) in [6.45, 7) is 4.92. The van der Waals surface area contributed by atoms with Gasteiger partial charge in [-0.1, -0.05) is 56.0 Å². The van der Waals surface area contributed by atoms with Crippen LogP contribution in [0.15, 0.2) is 30.3 Å². The Balaban J connectivity index is 1.38. The Labute approximate surface area is 129 Å². The first-order valence-corrected chi connectivity index (χ1v) is 8.90. The van der Waals surface area contributed by atoms with Gasteiger partial charge in [0.15, 0.2) is 0 Å². The van der Waals surface area contributed by atoms with E-state index in [-0.39, 0.29) is 0 Å². The van der Waals surface area contributed by atoms with Crippen molar-refractivity contribution in [2.24, 2.45) is 5.92 Å². The van der Waals surface area contributed by atoms with Crippen molar-refractivity contribution in [1.29, 1.82) is 0 Å². The lowest BCUT2D eigenvalue weighted by Crippen LogP contribution is -2.51. The molecule has 1 aliphatic heterocycles. The highest BCUT2D eigenvalue weighted by Crippen LogP contribution is 2.28. The Bertz CT molecular complexity index is 397. The number of hydrogen-bond donors (Lipinski definition) is 1. The molecular formula is C19H30N2. The van der Waals surface area contributed by atoms with Crippen molar-refractivity contribution in [3.63, 3.8) is 0 Å². The van der Waals surface area contributed by atoms with Gasteiger partial charge < -0.3 is 10.2 Å². The number of hydrogen-bond acceptors (Lipinski definition) is 2. The molecule has 2 fully saturated rings. The number of piperazine rings is 1. The number of rotatable bonds is 6. The molecule has 0 radical (unpaired) electrons. The van der Waals surface area contributed by atoms with Crippen LogP contribution < -0.4 is 5.32 Å². The summed E-state index contributed by atoms with van der Waals surface area (Å²) in [6.07, 6.45) is 10.0. The molecule has 1 aliphatic carbocycles. The smallest absolute Gasteiger partial charge is 0.0235 e. The highest BCUT2D eigenvalue weighted by atomic mass is 15.2. The zero-order valence-corrected chi connectivity index (χ0v) is 13.3. The predicted octanol–water partition coefficient (Wildman–Crippen LogP) is 3.47. The van der Waals surface area contributed by atoms with Crippen LogP contribution in [-0.2, 0) is 6.42 Å². The quantitative estimate of drug-likeness (QED) is 0.861. The molecule has 3 rings (SSSR count). The first-order valence-electron chi connectivity index (χ1n) is 8.90. The number of nitrogens with one attached hydrogen (secondary N) is 1. The van der Waals surface area contributed by atoms with Crippen LogP contribution in [0.5, 0.6) is 0 Å². The lowest BCUT2D eigenvalue weighted by molar-refractivity contribution is 0.192. The van der Waals surface area contributed by atoms with Crippen LogP contribution in [0.1, 0.15) is 44.1 Å². The van der Waals surface area contributed by atoms with Crippen molar-refractivity contribution in [2.45, 2.75) is 51.0 Å². The monoisotopic (exact) mass is 286 g/mol. The number of benzene rings is 1. The molecule has 1 atom stereocenters. The van der Waals surface area contributed by atoms with Gasteiger partial charge in [0.25, 0.3) is 0 Å². The summed E-state index contributed by atoms with van der Waals surface area (Å²) in [6, 6.07) is 11.5. The Morgan fingerprint density at radius 3 is 2.71 bits per heavy atom. The minimum Gasteiger partial charge on any atom is -0.311 e. The van der Waals surface area contributed by atoms with Crippen LogP contribution in [-0.4, -0.2) is 37.1 Å². The topological polar surface area (TPSA) is 15.3 Å². The summed E-state index contributed by atoms with van der Waals surface area (Å²) in [5.74, 6) is 1.05. The molecular weight excluding hydrogens is 256 g/mol. The van der Waals surface area contributed by atoms with Crippen molar-refractivity contribution in [1.82, 2.24) is 10.2 Å². The summed E-state index contributed by atoms with van der Waals surface area (Å²) in [5.41, 5.74) is 1.46. The molecule has 2 heteroatoms. The van der Waals surface area contributed by atoms with Gasteiger partial charge in [0.1, 0.15) is 0 Å². The predicted molar refractivity (Wildman–Crippen MR) is 89.6 cm³/mol. The molecule has 1 saturated carbocycles. The van der Waals surface area contributed by atoms with Gasteiger partial charge in [-0.2, -0.15) is 0 Å². The van der Waals surface area contributed by atoms with Gasteiger partial charge in [-0.15, -0.1) is 0 Å². The normalized spacial score (nSPS) is 24.5. The zero-order valence-electron chi connectivity index (χ0n) is 13.3. The molecule has 1 heterocycles. The molecule has 2 nitrogen and oxygen atoms in total. The third-order valence-electron chi connectivity index (χ3n) is 5.23. The first-order chi connectivity index (χ1) is 10.4. The molecule has 0 aromatic heterocycles. The summed E-state index contributed by atoms with van der Waals surface area (Å²) in [4.78, 5) is 2.68. The average molecular weight is 286 g/mol. The van der Waals surface area contributed by atoms with E-state index in [1.165, 1.54) is 70.1 Å². The van der Waals surface area contributed by atoms with Crippen LogP contribution in [0.3, 0.4) is 0 Å². The van der Waals surface area contributed by atoms with E-state index < -0.39 is 0 Å². The van der Waals surface area contributed by atoms with Crippen LogP contribution in [0, 0.1) is 5.92 Å². The standard InChI is InChI=1S/C19H30N2/c1-2-9-18(10-3-1)15-19-16-21(14-12-20-19)13-6-11-17-7-4-5-8-17/h1-3,9-10,17,19-20H,4-8,11-16H2. The maximum absolute atomic E-state index is 3.69.